The number of hydrogen-bond acceptors (Lipinski definition) is 3. The summed E-state index contributed by atoms with van der Waals surface area (Å²) in [6, 6.07) is -0.684. The summed E-state index contributed by atoms with van der Waals surface area (Å²) in [7, 11) is 0. The summed E-state index contributed by atoms with van der Waals surface area (Å²) in [5.41, 5.74) is 0. The summed E-state index contributed by atoms with van der Waals surface area (Å²) in [5.74, 6) is -0.493. The van der Waals surface area contributed by atoms with Gasteiger partial charge in [-0.05, 0) is 43.9 Å². The van der Waals surface area contributed by atoms with Crippen LogP contribution in [-0.2, 0) is 14.4 Å². The van der Waals surface area contributed by atoms with E-state index in [2.05, 4.69) is 5.32 Å². The fourth-order valence-corrected chi connectivity index (χ4v) is 4.85. The van der Waals surface area contributed by atoms with Gasteiger partial charge in [-0.3, -0.25) is 9.59 Å². The third kappa shape index (κ3) is 3.73. The van der Waals surface area contributed by atoms with Crippen molar-refractivity contribution in [1.29, 1.82) is 0 Å². The first-order valence-electron chi connectivity index (χ1n) is 9.37. The molecule has 2 N–H and O–H groups in total. The highest BCUT2D eigenvalue weighted by molar-refractivity contribution is 5.88. The zero-order valence-electron chi connectivity index (χ0n) is 14.2. The minimum Gasteiger partial charge on any atom is -0.480 e. The Balaban J connectivity index is 1.55. The van der Waals surface area contributed by atoms with Crippen LogP contribution in [0.15, 0.2) is 0 Å². The van der Waals surface area contributed by atoms with Crippen LogP contribution in [0, 0.1) is 11.8 Å². The Morgan fingerprint density at radius 3 is 2.38 bits per heavy atom. The normalized spacial score (nSPS) is 30.2. The summed E-state index contributed by atoms with van der Waals surface area (Å²) in [4.78, 5) is 37.7. The number of likely N-dealkylation sites (tertiary alicyclic amines) is 1. The lowest BCUT2D eigenvalue weighted by molar-refractivity contribution is -0.149. The fraction of sp³-hybridized carbons (Fsp3) is 0.833. The van der Waals surface area contributed by atoms with Crippen molar-refractivity contribution < 1.29 is 19.5 Å². The van der Waals surface area contributed by atoms with Crippen LogP contribution in [0.5, 0.6) is 0 Å². The van der Waals surface area contributed by atoms with Crippen LogP contribution in [0.4, 0.5) is 0 Å². The Bertz CT molecular complexity index is 501. The number of rotatable bonds is 5. The molecule has 0 spiro atoms. The van der Waals surface area contributed by atoms with Crippen molar-refractivity contribution in [2.75, 3.05) is 6.54 Å². The van der Waals surface area contributed by atoms with Crippen LogP contribution in [-0.4, -0.2) is 46.4 Å². The number of nitrogens with zero attached hydrogens (tertiary/aromatic N) is 1. The van der Waals surface area contributed by atoms with Gasteiger partial charge in [-0.15, -0.1) is 0 Å². The van der Waals surface area contributed by atoms with Gasteiger partial charge < -0.3 is 15.3 Å². The van der Waals surface area contributed by atoms with E-state index in [0.717, 1.165) is 38.5 Å². The van der Waals surface area contributed by atoms with Crippen molar-refractivity contribution >= 4 is 17.8 Å². The molecule has 2 amide bonds. The summed E-state index contributed by atoms with van der Waals surface area (Å²) in [6.07, 6.45) is 9.67. The molecule has 3 unspecified atom stereocenters. The van der Waals surface area contributed by atoms with Crippen molar-refractivity contribution in [3.63, 3.8) is 0 Å². The largest absolute Gasteiger partial charge is 0.480 e. The molecular formula is C18H28N2O4. The highest BCUT2D eigenvalue weighted by Crippen LogP contribution is 2.39. The predicted octanol–water partition coefficient (Wildman–Crippen LogP) is 1.93. The molecule has 2 saturated carbocycles. The molecule has 134 valence electrons. The van der Waals surface area contributed by atoms with Crippen LogP contribution in [0.1, 0.15) is 64.2 Å². The van der Waals surface area contributed by atoms with Crippen molar-refractivity contribution in [1.82, 2.24) is 10.2 Å². The van der Waals surface area contributed by atoms with Gasteiger partial charge in [0.15, 0.2) is 0 Å². The van der Waals surface area contributed by atoms with E-state index in [1.165, 1.54) is 12.8 Å². The zero-order valence-corrected chi connectivity index (χ0v) is 14.2. The smallest absolute Gasteiger partial charge is 0.326 e. The molecule has 24 heavy (non-hydrogen) atoms. The SMILES string of the molecule is O=C(CC1CCCC1)NCC(=O)N1C(C(=O)O)CC2CCCCC21. The van der Waals surface area contributed by atoms with Crippen molar-refractivity contribution in [3.05, 3.63) is 0 Å². The number of nitrogens with one attached hydrogen (secondary N) is 1. The molecule has 6 nitrogen and oxygen atoms in total. The Hall–Kier alpha value is -1.59. The molecule has 0 aromatic heterocycles. The van der Waals surface area contributed by atoms with E-state index in [-0.39, 0.29) is 24.4 Å². The lowest BCUT2D eigenvalue weighted by atomic mass is 9.85. The lowest BCUT2D eigenvalue weighted by Crippen LogP contribution is -2.50. The van der Waals surface area contributed by atoms with Gasteiger partial charge in [0, 0.05) is 12.5 Å². The van der Waals surface area contributed by atoms with E-state index in [1.54, 1.807) is 4.90 Å². The molecule has 0 radical (unpaired) electrons. The molecule has 3 rings (SSSR count). The predicted molar refractivity (Wildman–Crippen MR) is 88.2 cm³/mol. The third-order valence-electron chi connectivity index (χ3n) is 6.05. The molecule has 2 aliphatic carbocycles. The quantitative estimate of drug-likeness (QED) is 0.803. The molecule has 3 fully saturated rings. The van der Waals surface area contributed by atoms with Gasteiger partial charge in [-0.2, -0.15) is 0 Å². The summed E-state index contributed by atoms with van der Waals surface area (Å²) >= 11 is 0. The number of aliphatic carboxylic acids is 1. The first-order chi connectivity index (χ1) is 11.6. The van der Waals surface area contributed by atoms with Crippen LogP contribution in [0.3, 0.4) is 0 Å². The summed E-state index contributed by atoms with van der Waals surface area (Å²) in [6.45, 7) is -0.0709. The maximum atomic E-state index is 12.6. The number of carbonyl (C=O) groups excluding carboxylic acids is 2. The highest BCUT2D eigenvalue weighted by atomic mass is 16.4. The average molecular weight is 336 g/mol. The maximum Gasteiger partial charge on any atom is 0.326 e. The van der Waals surface area contributed by atoms with Gasteiger partial charge in [0.1, 0.15) is 6.04 Å². The van der Waals surface area contributed by atoms with Gasteiger partial charge in [-0.1, -0.05) is 25.7 Å². The highest BCUT2D eigenvalue weighted by Gasteiger charge is 2.47. The first-order valence-corrected chi connectivity index (χ1v) is 9.37. The number of carboxylic acids is 1. The van der Waals surface area contributed by atoms with Crippen molar-refractivity contribution in [2.45, 2.75) is 76.3 Å². The number of amides is 2. The van der Waals surface area contributed by atoms with Crippen molar-refractivity contribution in [2.24, 2.45) is 11.8 Å². The minimum atomic E-state index is -0.921. The molecule has 0 aromatic carbocycles. The van der Waals surface area contributed by atoms with Gasteiger partial charge >= 0.3 is 5.97 Å². The number of carbonyl (C=O) groups is 3. The van der Waals surface area contributed by atoms with E-state index in [0.29, 0.717) is 24.7 Å². The van der Waals surface area contributed by atoms with Crippen LogP contribution >= 0.6 is 0 Å². The van der Waals surface area contributed by atoms with Gasteiger partial charge in [0.05, 0.1) is 6.54 Å². The lowest BCUT2D eigenvalue weighted by Gasteiger charge is -2.33. The van der Waals surface area contributed by atoms with E-state index in [9.17, 15) is 19.5 Å². The molecule has 0 aromatic rings. The van der Waals surface area contributed by atoms with E-state index >= 15 is 0 Å². The second kappa shape index (κ2) is 7.53. The van der Waals surface area contributed by atoms with Gasteiger partial charge in [0.25, 0.3) is 0 Å². The standard InChI is InChI=1S/C18H28N2O4/c21-16(9-12-5-1-2-6-12)19-11-17(22)20-14-8-4-3-7-13(14)10-15(20)18(23)24/h12-15H,1-11H2,(H,19,21)(H,23,24). The maximum absolute atomic E-state index is 12.6. The molecule has 3 aliphatic rings. The number of fused-ring (bicyclic) bond motifs is 1. The molecule has 0 bridgehead atoms. The fourth-order valence-electron chi connectivity index (χ4n) is 4.85. The molecule has 3 atom stereocenters. The summed E-state index contributed by atoms with van der Waals surface area (Å²) in [5, 5.41) is 12.2. The van der Waals surface area contributed by atoms with Crippen molar-refractivity contribution in [3.8, 4) is 0 Å². The van der Waals surface area contributed by atoms with Crippen LogP contribution in [0.2, 0.25) is 0 Å². The molecular weight excluding hydrogens is 308 g/mol. The van der Waals surface area contributed by atoms with E-state index < -0.39 is 12.0 Å². The van der Waals surface area contributed by atoms with Gasteiger partial charge in [-0.25, -0.2) is 4.79 Å². The first kappa shape index (κ1) is 17.2. The molecule has 6 heteroatoms. The second-order valence-electron chi connectivity index (χ2n) is 7.63. The number of carboxylic acid groups (broad SMARTS) is 1. The Labute approximate surface area is 143 Å². The van der Waals surface area contributed by atoms with Crippen LogP contribution < -0.4 is 5.32 Å². The Morgan fingerprint density at radius 2 is 1.67 bits per heavy atom. The van der Waals surface area contributed by atoms with Gasteiger partial charge in [0.2, 0.25) is 11.8 Å². The minimum absolute atomic E-state index is 0.0408. The Morgan fingerprint density at radius 1 is 1.00 bits per heavy atom. The monoisotopic (exact) mass is 336 g/mol. The summed E-state index contributed by atoms with van der Waals surface area (Å²) < 4.78 is 0. The third-order valence-corrected chi connectivity index (χ3v) is 6.05. The van der Waals surface area contributed by atoms with E-state index in [4.69, 9.17) is 0 Å². The molecule has 1 aliphatic heterocycles. The zero-order chi connectivity index (χ0) is 17.1. The molecule has 1 saturated heterocycles. The molecule has 1 heterocycles. The average Bonchev–Trinajstić information content (AvgIpc) is 3.19. The topological polar surface area (TPSA) is 86.7 Å². The van der Waals surface area contributed by atoms with Crippen LogP contribution in [0.25, 0.3) is 0 Å². The number of hydrogen-bond donors (Lipinski definition) is 2. The Kier molecular flexibility index (Phi) is 5.41. The second-order valence-corrected chi connectivity index (χ2v) is 7.63. The van der Waals surface area contributed by atoms with E-state index in [1.807, 2.05) is 0 Å².